The van der Waals surface area contributed by atoms with Gasteiger partial charge in [0.15, 0.2) is 0 Å². The zero-order valence-corrected chi connectivity index (χ0v) is 9.85. The Morgan fingerprint density at radius 3 is 2.71 bits per heavy atom. The fourth-order valence-electron chi connectivity index (χ4n) is 1.64. The Kier molecular flexibility index (Phi) is 3.33. The molecule has 1 aliphatic rings. The number of benzene rings is 1. The zero-order valence-electron chi connectivity index (χ0n) is 9.85. The van der Waals surface area contributed by atoms with Crippen LogP contribution in [0.1, 0.15) is 25.3 Å². The van der Waals surface area contributed by atoms with Gasteiger partial charge in [0.1, 0.15) is 6.61 Å². The monoisotopic (exact) mass is 235 g/mol. The number of rotatable bonds is 4. The minimum absolute atomic E-state index is 0.248. The Morgan fingerprint density at radius 2 is 2.12 bits per heavy atom. The van der Waals surface area contributed by atoms with E-state index in [9.17, 15) is 9.90 Å². The second-order valence-corrected chi connectivity index (χ2v) is 4.53. The van der Waals surface area contributed by atoms with Gasteiger partial charge in [-0.05, 0) is 25.3 Å². The normalized spacial score (nSPS) is 18.2. The molecule has 0 aromatic heterocycles. The van der Waals surface area contributed by atoms with E-state index >= 15 is 0 Å². The molecule has 92 valence electrons. The predicted molar refractivity (Wildman–Crippen MR) is 63.4 cm³/mol. The molecule has 1 saturated carbocycles. The molecule has 4 nitrogen and oxygen atoms in total. The van der Waals surface area contributed by atoms with E-state index in [1.54, 1.807) is 6.92 Å². The third-order valence-corrected chi connectivity index (χ3v) is 3.12. The molecule has 1 aromatic rings. The van der Waals surface area contributed by atoms with Crippen molar-refractivity contribution in [1.82, 2.24) is 5.32 Å². The number of ether oxygens (including phenoxy) is 1. The van der Waals surface area contributed by atoms with Gasteiger partial charge >= 0.3 is 6.09 Å². The highest BCUT2D eigenvalue weighted by Gasteiger charge is 2.46. The average molecular weight is 235 g/mol. The SMILES string of the molecule is C[C@H](NC(=O)OCc1ccccc1)C1(O)CC1. The van der Waals surface area contributed by atoms with Crippen molar-refractivity contribution in [3.05, 3.63) is 35.9 Å². The van der Waals surface area contributed by atoms with E-state index in [2.05, 4.69) is 5.32 Å². The molecule has 1 aliphatic carbocycles. The summed E-state index contributed by atoms with van der Waals surface area (Å²) in [6, 6.07) is 9.23. The second-order valence-electron chi connectivity index (χ2n) is 4.53. The van der Waals surface area contributed by atoms with E-state index < -0.39 is 11.7 Å². The zero-order chi connectivity index (χ0) is 12.3. The Hall–Kier alpha value is -1.55. The largest absolute Gasteiger partial charge is 0.445 e. The standard InChI is InChI=1S/C13H17NO3/c1-10(13(16)7-8-13)14-12(15)17-9-11-5-3-2-4-6-11/h2-6,10,16H,7-9H2,1H3,(H,14,15)/t10-/m0/s1. The summed E-state index contributed by atoms with van der Waals surface area (Å²) in [6.45, 7) is 2.04. The van der Waals surface area contributed by atoms with Crippen LogP contribution in [0.15, 0.2) is 30.3 Å². The second kappa shape index (κ2) is 4.75. The molecule has 2 rings (SSSR count). The summed E-state index contributed by atoms with van der Waals surface area (Å²) in [4.78, 5) is 11.5. The molecule has 1 fully saturated rings. The van der Waals surface area contributed by atoms with E-state index in [4.69, 9.17) is 4.74 Å². The van der Waals surface area contributed by atoms with Crippen LogP contribution in [-0.4, -0.2) is 22.8 Å². The van der Waals surface area contributed by atoms with Gasteiger partial charge in [0.05, 0.1) is 11.6 Å². The van der Waals surface area contributed by atoms with Crippen molar-refractivity contribution in [3.8, 4) is 0 Å². The fraction of sp³-hybridized carbons (Fsp3) is 0.462. The molecule has 0 unspecified atom stereocenters. The predicted octanol–water partition coefficient (Wildman–Crippen LogP) is 1.83. The first kappa shape index (κ1) is 11.9. The number of nitrogens with one attached hydrogen (secondary N) is 1. The average Bonchev–Trinajstić information content (AvgIpc) is 3.07. The van der Waals surface area contributed by atoms with Crippen LogP contribution < -0.4 is 5.32 Å². The van der Waals surface area contributed by atoms with Crippen LogP contribution in [0.2, 0.25) is 0 Å². The van der Waals surface area contributed by atoms with Crippen LogP contribution in [-0.2, 0) is 11.3 Å². The minimum Gasteiger partial charge on any atom is -0.445 e. The molecule has 1 atom stereocenters. The number of hydrogen-bond donors (Lipinski definition) is 2. The Morgan fingerprint density at radius 1 is 1.47 bits per heavy atom. The Bertz CT molecular complexity index is 387. The van der Waals surface area contributed by atoms with Crippen molar-refractivity contribution in [2.75, 3.05) is 0 Å². The summed E-state index contributed by atoms with van der Waals surface area (Å²) in [5, 5.41) is 12.4. The number of carbonyl (C=O) groups is 1. The number of amides is 1. The number of aliphatic hydroxyl groups is 1. The number of carbonyl (C=O) groups excluding carboxylic acids is 1. The maximum atomic E-state index is 11.5. The van der Waals surface area contributed by atoms with E-state index in [1.807, 2.05) is 30.3 Å². The quantitative estimate of drug-likeness (QED) is 0.837. The molecule has 0 saturated heterocycles. The van der Waals surface area contributed by atoms with Gasteiger partial charge in [-0.2, -0.15) is 0 Å². The van der Waals surface area contributed by atoms with Gasteiger partial charge in [-0.1, -0.05) is 30.3 Å². The van der Waals surface area contributed by atoms with E-state index in [0.717, 1.165) is 18.4 Å². The van der Waals surface area contributed by atoms with Gasteiger partial charge in [-0.25, -0.2) is 4.79 Å². The first-order chi connectivity index (χ1) is 8.10. The summed E-state index contributed by atoms with van der Waals surface area (Å²) >= 11 is 0. The number of alkyl carbamates (subject to hydrolysis) is 1. The maximum absolute atomic E-state index is 11.5. The maximum Gasteiger partial charge on any atom is 0.407 e. The summed E-state index contributed by atoms with van der Waals surface area (Å²) in [5.74, 6) is 0. The van der Waals surface area contributed by atoms with Gasteiger partial charge in [-0.3, -0.25) is 0 Å². The van der Waals surface area contributed by atoms with Crippen molar-refractivity contribution in [1.29, 1.82) is 0 Å². The molecule has 2 N–H and O–H groups in total. The van der Waals surface area contributed by atoms with Crippen molar-refractivity contribution in [3.63, 3.8) is 0 Å². The molecule has 0 spiro atoms. The molecular weight excluding hydrogens is 218 g/mol. The van der Waals surface area contributed by atoms with Gasteiger partial charge in [-0.15, -0.1) is 0 Å². The van der Waals surface area contributed by atoms with Crippen LogP contribution in [0.5, 0.6) is 0 Å². The molecule has 1 amide bonds. The van der Waals surface area contributed by atoms with Crippen LogP contribution in [0.25, 0.3) is 0 Å². The highest BCUT2D eigenvalue weighted by Crippen LogP contribution is 2.38. The summed E-state index contributed by atoms with van der Waals surface area (Å²) < 4.78 is 5.06. The topological polar surface area (TPSA) is 58.6 Å². The Balaban J connectivity index is 1.74. The molecule has 0 heterocycles. The fourth-order valence-corrected chi connectivity index (χ4v) is 1.64. The van der Waals surface area contributed by atoms with Crippen molar-refractivity contribution in [2.45, 2.75) is 38.0 Å². The van der Waals surface area contributed by atoms with Crippen LogP contribution in [0.3, 0.4) is 0 Å². The summed E-state index contributed by atoms with van der Waals surface area (Å²) in [7, 11) is 0. The van der Waals surface area contributed by atoms with Crippen molar-refractivity contribution < 1.29 is 14.6 Å². The lowest BCUT2D eigenvalue weighted by Gasteiger charge is -2.18. The van der Waals surface area contributed by atoms with E-state index in [1.165, 1.54) is 0 Å². The first-order valence-corrected chi connectivity index (χ1v) is 5.80. The first-order valence-electron chi connectivity index (χ1n) is 5.80. The van der Waals surface area contributed by atoms with E-state index in [-0.39, 0.29) is 12.6 Å². The van der Waals surface area contributed by atoms with Gasteiger partial charge in [0, 0.05) is 0 Å². The molecular formula is C13H17NO3. The summed E-state index contributed by atoms with van der Waals surface area (Å²) in [6.07, 6.45) is 1.00. The van der Waals surface area contributed by atoms with Gasteiger partial charge in [0.25, 0.3) is 0 Å². The smallest absolute Gasteiger partial charge is 0.407 e. The lowest BCUT2D eigenvalue weighted by Crippen LogP contribution is -2.42. The Labute approximate surface area is 101 Å². The van der Waals surface area contributed by atoms with E-state index in [0.29, 0.717) is 0 Å². The third-order valence-electron chi connectivity index (χ3n) is 3.12. The molecule has 17 heavy (non-hydrogen) atoms. The highest BCUT2D eigenvalue weighted by atomic mass is 16.5. The van der Waals surface area contributed by atoms with Crippen molar-refractivity contribution >= 4 is 6.09 Å². The number of hydrogen-bond acceptors (Lipinski definition) is 3. The van der Waals surface area contributed by atoms with Crippen LogP contribution in [0.4, 0.5) is 4.79 Å². The van der Waals surface area contributed by atoms with Crippen LogP contribution in [0, 0.1) is 0 Å². The molecule has 0 bridgehead atoms. The van der Waals surface area contributed by atoms with Crippen molar-refractivity contribution in [2.24, 2.45) is 0 Å². The van der Waals surface area contributed by atoms with Crippen LogP contribution >= 0.6 is 0 Å². The lowest BCUT2D eigenvalue weighted by atomic mass is 10.2. The molecule has 0 aliphatic heterocycles. The van der Waals surface area contributed by atoms with Gasteiger partial charge in [0.2, 0.25) is 0 Å². The summed E-state index contributed by atoms with van der Waals surface area (Å²) in [5.41, 5.74) is 0.228. The minimum atomic E-state index is -0.717. The molecule has 4 heteroatoms. The molecule has 0 radical (unpaired) electrons. The lowest BCUT2D eigenvalue weighted by molar-refractivity contribution is 0.0918. The highest BCUT2D eigenvalue weighted by molar-refractivity contribution is 5.67. The third kappa shape index (κ3) is 3.20. The molecule has 1 aromatic carbocycles. The van der Waals surface area contributed by atoms with Gasteiger partial charge < -0.3 is 15.2 Å².